The summed E-state index contributed by atoms with van der Waals surface area (Å²) >= 11 is 13.0. The van der Waals surface area contributed by atoms with E-state index < -0.39 is 8.32 Å². The molecule has 0 N–H and O–H groups in total. The zero-order valence-electron chi connectivity index (χ0n) is 10.3. The van der Waals surface area contributed by atoms with E-state index in [2.05, 4.69) is 44.8 Å². The van der Waals surface area contributed by atoms with Crippen molar-refractivity contribution in [1.82, 2.24) is 0 Å². The van der Waals surface area contributed by atoms with Gasteiger partial charge < -0.3 is 4.43 Å². The third-order valence-electron chi connectivity index (χ3n) is 2.82. The lowest BCUT2D eigenvalue weighted by molar-refractivity contribution is 0.316. The van der Waals surface area contributed by atoms with E-state index in [-0.39, 0.29) is 0 Å². The van der Waals surface area contributed by atoms with Crippen molar-refractivity contribution in [2.24, 2.45) is 0 Å². The Bertz CT molecular complexity index is 136. The van der Waals surface area contributed by atoms with E-state index in [1.807, 2.05) is 0 Å². The van der Waals surface area contributed by atoms with E-state index in [9.17, 15) is 0 Å². The fraction of sp³-hybridized carbons (Fsp3) is 1.00. The van der Waals surface area contributed by atoms with E-state index >= 15 is 0 Å². The molecule has 0 radical (unpaired) electrons. The predicted octanol–water partition coefficient (Wildman–Crippen LogP) is 3.93. The molecule has 0 amide bonds. The van der Waals surface area contributed by atoms with Crippen molar-refractivity contribution < 1.29 is 4.43 Å². The second-order valence-electron chi connectivity index (χ2n) is 4.10. The molecule has 0 aliphatic rings. The molecular formula is C11H26OS3Si. The van der Waals surface area contributed by atoms with Crippen LogP contribution in [0.4, 0.5) is 0 Å². The second kappa shape index (κ2) is 11.3. The summed E-state index contributed by atoms with van der Waals surface area (Å²) in [5.41, 5.74) is 0. The van der Waals surface area contributed by atoms with Crippen LogP contribution >= 0.6 is 37.9 Å². The SMILES string of the molecule is CCO[Si](CCCS)(CCCS)CCCS. The Morgan fingerprint density at radius 2 is 1.19 bits per heavy atom. The zero-order valence-corrected chi connectivity index (χ0v) is 14.0. The molecule has 0 atom stereocenters. The average Bonchev–Trinajstić information content (AvgIpc) is 2.31. The Hall–Kier alpha value is 1.23. The van der Waals surface area contributed by atoms with Gasteiger partial charge in [0.2, 0.25) is 0 Å². The van der Waals surface area contributed by atoms with Gasteiger partial charge in [0.05, 0.1) is 0 Å². The molecule has 0 bridgehead atoms. The molecule has 5 heteroatoms. The molecule has 0 aliphatic carbocycles. The van der Waals surface area contributed by atoms with Gasteiger partial charge in [0.25, 0.3) is 0 Å². The molecule has 98 valence electrons. The van der Waals surface area contributed by atoms with Crippen LogP contribution in [0.2, 0.25) is 18.1 Å². The molecule has 0 aromatic carbocycles. The quantitative estimate of drug-likeness (QED) is 0.387. The molecule has 0 rings (SSSR count). The van der Waals surface area contributed by atoms with Gasteiger partial charge in [-0.05, 0) is 61.6 Å². The summed E-state index contributed by atoms with van der Waals surface area (Å²) in [7, 11) is -1.51. The van der Waals surface area contributed by atoms with Gasteiger partial charge in [-0.2, -0.15) is 37.9 Å². The number of hydrogen-bond acceptors (Lipinski definition) is 4. The number of thiol groups is 3. The van der Waals surface area contributed by atoms with E-state index in [0.717, 1.165) is 23.9 Å². The lowest BCUT2D eigenvalue weighted by Gasteiger charge is -2.31. The Kier molecular flexibility index (Phi) is 12.2. The van der Waals surface area contributed by atoms with Gasteiger partial charge in [-0.3, -0.25) is 0 Å². The Morgan fingerprint density at radius 1 is 0.812 bits per heavy atom. The fourth-order valence-electron chi connectivity index (χ4n) is 2.10. The normalized spacial score (nSPS) is 12.0. The van der Waals surface area contributed by atoms with Crippen LogP contribution < -0.4 is 0 Å². The molecular weight excluding hydrogens is 272 g/mol. The molecule has 0 fully saturated rings. The highest BCUT2D eigenvalue weighted by Gasteiger charge is 2.32. The molecule has 16 heavy (non-hydrogen) atoms. The largest absolute Gasteiger partial charge is 0.417 e. The van der Waals surface area contributed by atoms with Gasteiger partial charge in [-0.25, -0.2) is 0 Å². The molecule has 0 spiro atoms. The van der Waals surface area contributed by atoms with Crippen LogP contribution in [0.3, 0.4) is 0 Å². The van der Waals surface area contributed by atoms with Gasteiger partial charge in [0.15, 0.2) is 8.32 Å². The van der Waals surface area contributed by atoms with Crippen molar-refractivity contribution in [3.63, 3.8) is 0 Å². The Labute approximate surface area is 118 Å². The zero-order chi connectivity index (χ0) is 12.3. The number of hydrogen-bond donors (Lipinski definition) is 3. The van der Waals surface area contributed by atoms with E-state index in [0.29, 0.717) is 0 Å². The third-order valence-corrected chi connectivity index (χ3v) is 8.47. The summed E-state index contributed by atoms with van der Waals surface area (Å²) in [5.74, 6) is 2.93. The maximum atomic E-state index is 6.17. The maximum Gasteiger partial charge on any atom is 0.192 e. The van der Waals surface area contributed by atoms with Crippen LogP contribution in [-0.2, 0) is 4.43 Å². The maximum absolute atomic E-state index is 6.17. The molecule has 1 nitrogen and oxygen atoms in total. The van der Waals surface area contributed by atoms with Crippen LogP contribution in [0.25, 0.3) is 0 Å². The highest BCUT2D eigenvalue weighted by molar-refractivity contribution is 7.80. The second-order valence-corrected chi connectivity index (χ2v) is 9.59. The van der Waals surface area contributed by atoms with Crippen molar-refractivity contribution in [1.29, 1.82) is 0 Å². The monoisotopic (exact) mass is 298 g/mol. The van der Waals surface area contributed by atoms with Crippen LogP contribution in [0, 0.1) is 0 Å². The first-order chi connectivity index (χ1) is 7.74. The summed E-state index contributed by atoms with van der Waals surface area (Å²) in [5, 5.41) is 0. The van der Waals surface area contributed by atoms with Gasteiger partial charge in [0, 0.05) is 6.61 Å². The van der Waals surface area contributed by atoms with Crippen LogP contribution in [-0.4, -0.2) is 32.2 Å². The van der Waals surface area contributed by atoms with Crippen LogP contribution in [0.15, 0.2) is 0 Å². The van der Waals surface area contributed by atoms with E-state index in [1.165, 1.54) is 37.4 Å². The van der Waals surface area contributed by atoms with Crippen molar-refractivity contribution in [3.8, 4) is 0 Å². The lowest BCUT2D eigenvalue weighted by atomic mass is 10.5. The topological polar surface area (TPSA) is 9.23 Å². The first-order valence-electron chi connectivity index (χ1n) is 6.21. The molecule has 0 aromatic heterocycles. The summed E-state index contributed by atoms with van der Waals surface area (Å²) in [6.07, 6.45) is 3.57. The highest BCUT2D eigenvalue weighted by Crippen LogP contribution is 2.28. The Morgan fingerprint density at radius 3 is 1.44 bits per heavy atom. The van der Waals surface area contributed by atoms with Crippen molar-refractivity contribution >= 4 is 46.2 Å². The van der Waals surface area contributed by atoms with Crippen molar-refractivity contribution in [2.45, 2.75) is 44.3 Å². The first-order valence-corrected chi connectivity index (χ1v) is 10.6. The smallest absolute Gasteiger partial charge is 0.192 e. The summed E-state index contributed by atoms with van der Waals surface area (Å²) in [4.78, 5) is 0. The van der Waals surface area contributed by atoms with Gasteiger partial charge in [-0.1, -0.05) is 0 Å². The predicted molar refractivity (Wildman–Crippen MR) is 87.2 cm³/mol. The number of rotatable bonds is 11. The fourth-order valence-corrected chi connectivity index (χ4v) is 7.73. The van der Waals surface area contributed by atoms with Gasteiger partial charge >= 0.3 is 0 Å². The minimum Gasteiger partial charge on any atom is -0.417 e. The molecule has 0 saturated carbocycles. The minimum atomic E-state index is -1.51. The summed E-state index contributed by atoms with van der Waals surface area (Å²) < 4.78 is 6.17. The molecule has 0 unspecified atom stereocenters. The van der Waals surface area contributed by atoms with Crippen LogP contribution in [0.5, 0.6) is 0 Å². The highest BCUT2D eigenvalue weighted by atomic mass is 32.1. The van der Waals surface area contributed by atoms with Crippen molar-refractivity contribution in [3.05, 3.63) is 0 Å². The summed E-state index contributed by atoms with van der Waals surface area (Å²) in [6, 6.07) is 3.77. The molecule has 0 aliphatic heterocycles. The molecule has 0 aromatic rings. The third kappa shape index (κ3) is 7.53. The Balaban J connectivity index is 4.32. The van der Waals surface area contributed by atoms with Gasteiger partial charge in [-0.15, -0.1) is 0 Å². The standard InChI is InChI=1S/C11H26OS3Si/c1-2-12-16(9-3-6-13,10-4-7-14)11-5-8-15/h13-15H,2-11H2,1H3. The van der Waals surface area contributed by atoms with E-state index in [4.69, 9.17) is 4.43 Å². The lowest BCUT2D eigenvalue weighted by Crippen LogP contribution is -2.38. The first kappa shape index (κ1) is 17.2. The summed E-state index contributed by atoms with van der Waals surface area (Å²) in [6.45, 7) is 2.97. The van der Waals surface area contributed by atoms with Crippen LogP contribution in [0.1, 0.15) is 26.2 Å². The van der Waals surface area contributed by atoms with Crippen molar-refractivity contribution in [2.75, 3.05) is 23.9 Å². The van der Waals surface area contributed by atoms with E-state index in [1.54, 1.807) is 0 Å². The average molecular weight is 299 g/mol. The molecule has 0 saturated heterocycles. The molecule has 0 heterocycles. The minimum absolute atomic E-state index is 0.859. The van der Waals surface area contributed by atoms with Gasteiger partial charge in [0.1, 0.15) is 0 Å².